The third-order valence-electron chi connectivity index (χ3n) is 1.94. The molecule has 0 atom stereocenters. The van der Waals surface area contributed by atoms with Gasteiger partial charge in [0, 0.05) is 23.5 Å². The van der Waals surface area contributed by atoms with Gasteiger partial charge in [0.25, 0.3) is 5.91 Å². The Bertz CT molecular complexity index is 523. The van der Waals surface area contributed by atoms with Gasteiger partial charge < -0.3 is 5.32 Å². The Morgan fingerprint density at radius 1 is 1.50 bits per heavy atom. The van der Waals surface area contributed by atoms with E-state index in [4.69, 9.17) is 0 Å². The Morgan fingerprint density at radius 3 is 2.94 bits per heavy atom. The molecule has 0 aliphatic carbocycles. The molecule has 0 saturated heterocycles. The molecule has 0 radical (unpaired) electrons. The number of carbonyl (C=O) groups excluding carboxylic acids is 1. The molecule has 2 aromatic rings. The maximum absolute atomic E-state index is 11.8. The number of nitrogens with one attached hydrogen (secondary N) is 2. The molecule has 5 nitrogen and oxygen atoms in total. The minimum absolute atomic E-state index is 0.213. The van der Waals surface area contributed by atoms with Crippen molar-refractivity contribution in [2.45, 2.75) is 6.92 Å². The molecule has 6 heteroatoms. The van der Waals surface area contributed by atoms with Crippen molar-refractivity contribution in [1.29, 1.82) is 0 Å². The Morgan fingerprint density at radius 2 is 2.31 bits per heavy atom. The minimum atomic E-state index is -0.213. The number of halogens is 1. The van der Waals surface area contributed by atoms with Crippen LogP contribution in [0.3, 0.4) is 0 Å². The summed E-state index contributed by atoms with van der Waals surface area (Å²) in [5.41, 5.74) is 1.42. The van der Waals surface area contributed by atoms with Gasteiger partial charge in [0.15, 0.2) is 5.82 Å². The minimum Gasteiger partial charge on any atom is -0.305 e. The summed E-state index contributed by atoms with van der Waals surface area (Å²) in [5.74, 6) is 0.296. The van der Waals surface area contributed by atoms with Gasteiger partial charge in [0.1, 0.15) is 4.60 Å². The highest BCUT2D eigenvalue weighted by Gasteiger charge is 2.08. The summed E-state index contributed by atoms with van der Waals surface area (Å²) in [5, 5.41) is 9.35. The Labute approximate surface area is 100 Å². The second-order valence-electron chi connectivity index (χ2n) is 3.26. The number of hydrogen-bond acceptors (Lipinski definition) is 3. The molecule has 0 bridgehead atoms. The number of hydrogen-bond donors (Lipinski definition) is 2. The van der Waals surface area contributed by atoms with E-state index in [1.807, 2.05) is 6.92 Å². The smallest absolute Gasteiger partial charge is 0.257 e. The first kappa shape index (κ1) is 10.8. The molecule has 0 saturated carbocycles. The van der Waals surface area contributed by atoms with Crippen LogP contribution in [0.25, 0.3) is 0 Å². The molecule has 82 valence electrons. The summed E-state index contributed by atoms with van der Waals surface area (Å²) < 4.78 is 0.623. The zero-order valence-corrected chi connectivity index (χ0v) is 10.1. The van der Waals surface area contributed by atoms with Crippen molar-refractivity contribution in [3.63, 3.8) is 0 Å². The fraction of sp³-hybridized carbons (Fsp3) is 0.100. The van der Waals surface area contributed by atoms with Crippen molar-refractivity contribution in [1.82, 2.24) is 15.2 Å². The number of nitrogens with zero attached hydrogens (tertiary/aromatic N) is 2. The van der Waals surface area contributed by atoms with Crippen molar-refractivity contribution in [3.8, 4) is 0 Å². The average Bonchev–Trinajstić information content (AvgIpc) is 2.64. The molecule has 0 spiro atoms. The summed E-state index contributed by atoms with van der Waals surface area (Å²) in [6.45, 7) is 1.87. The molecule has 1 amide bonds. The molecule has 2 aromatic heterocycles. The number of carbonyl (C=O) groups is 1. The van der Waals surface area contributed by atoms with Gasteiger partial charge in [-0.15, -0.1) is 0 Å². The van der Waals surface area contributed by atoms with Crippen molar-refractivity contribution in [2.75, 3.05) is 5.32 Å². The SMILES string of the molecule is Cc1cc(NC(=O)c2ccnc(Br)c2)n[nH]1. The van der Waals surface area contributed by atoms with E-state index >= 15 is 0 Å². The van der Waals surface area contributed by atoms with Crippen LogP contribution in [-0.2, 0) is 0 Å². The van der Waals surface area contributed by atoms with Gasteiger partial charge in [-0.25, -0.2) is 4.98 Å². The van der Waals surface area contributed by atoms with E-state index < -0.39 is 0 Å². The standard InChI is InChI=1S/C10H9BrN4O/c1-6-4-9(15-14-6)13-10(16)7-2-3-12-8(11)5-7/h2-5H,1H3,(H2,13,14,15,16). The highest BCUT2D eigenvalue weighted by atomic mass is 79.9. The van der Waals surface area contributed by atoms with Crippen molar-refractivity contribution in [3.05, 3.63) is 40.3 Å². The van der Waals surface area contributed by atoms with E-state index in [9.17, 15) is 4.79 Å². The van der Waals surface area contributed by atoms with Crippen molar-refractivity contribution >= 4 is 27.7 Å². The van der Waals surface area contributed by atoms with Gasteiger partial charge in [-0.3, -0.25) is 9.89 Å². The van der Waals surface area contributed by atoms with Crippen LogP contribution < -0.4 is 5.32 Å². The Kier molecular flexibility index (Phi) is 3.00. The van der Waals surface area contributed by atoms with Gasteiger partial charge in [0.05, 0.1) is 0 Å². The van der Waals surface area contributed by atoms with Gasteiger partial charge in [-0.05, 0) is 35.0 Å². The predicted molar refractivity (Wildman–Crippen MR) is 63.2 cm³/mol. The molecule has 2 heterocycles. The molecule has 0 unspecified atom stereocenters. The number of aromatic amines is 1. The van der Waals surface area contributed by atoms with Crippen LogP contribution in [0.1, 0.15) is 16.1 Å². The number of pyridine rings is 1. The molecule has 0 aromatic carbocycles. The monoisotopic (exact) mass is 280 g/mol. The van der Waals surface area contributed by atoms with Crippen LogP contribution in [0, 0.1) is 6.92 Å². The van der Waals surface area contributed by atoms with E-state index in [1.54, 1.807) is 24.4 Å². The lowest BCUT2D eigenvalue weighted by atomic mass is 10.2. The topological polar surface area (TPSA) is 70.7 Å². The molecular weight excluding hydrogens is 272 g/mol. The number of anilines is 1. The Hall–Kier alpha value is -1.69. The van der Waals surface area contributed by atoms with Crippen LogP contribution >= 0.6 is 15.9 Å². The van der Waals surface area contributed by atoms with E-state index in [1.165, 1.54) is 0 Å². The Balaban J connectivity index is 2.14. The van der Waals surface area contributed by atoms with Crippen LogP contribution in [0.2, 0.25) is 0 Å². The molecule has 16 heavy (non-hydrogen) atoms. The zero-order valence-electron chi connectivity index (χ0n) is 8.49. The largest absolute Gasteiger partial charge is 0.305 e. The molecule has 0 aliphatic rings. The normalized spacial score (nSPS) is 10.1. The van der Waals surface area contributed by atoms with Crippen LogP contribution in [0.5, 0.6) is 0 Å². The van der Waals surface area contributed by atoms with Gasteiger partial charge in [-0.1, -0.05) is 0 Å². The van der Waals surface area contributed by atoms with Gasteiger partial charge in [0.2, 0.25) is 0 Å². The first-order valence-electron chi connectivity index (χ1n) is 4.60. The fourth-order valence-electron chi connectivity index (χ4n) is 1.21. The predicted octanol–water partition coefficient (Wildman–Crippen LogP) is 2.13. The van der Waals surface area contributed by atoms with Crippen molar-refractivity contribution < 1.29 is 4.79 Å². The molecular formula is C10H9BrN4O. The number of H-pyrrole nitrogens is 1. The van der Waals surface area contributed by atoms with Gasteiger partial charge >= 0.3 is 0 Å². The van der Waals surface area contributed by atoms with E-state index in [-0.39, 0.29) is 5.91 Å². The maximum Gasteiger partial charge on any atom is 0.257 e. The van der Waals surface area contributed by atoms with E-state index in [2.05, 4.69) is 36.4 Å². The highest BCUT2D eigenvalue weighted by Crippen LogP contribution is 2.10. The van der Waals surface area contributed by atoms with Crippen molar-refractivity contribution in [2.24, 2.45) is 0 Å². The molecule has 2 N–H and O–H groups in total. The van der Waals surface area contributed by atoms with E-state index in [0.29, 0.717) is 16.0 Å². The summed E-state index contributed by atoms with van der Waals surface area (Å²) >= 11 is 3.21. The summed E-state index contributed by atoms with van der Waals surface area (Å²) in [6, 6.07) is 5.04. The lowest BCUT2D eigenvalue weighted by molar-refractivity contribution is 0.102. The zero-order chi connectivity index (χ0) is 11.5. The number of amides is 1. The lowest BCUT2D eigenvalue weighted by Gasteiger charge is -2.01. The molecule has 2 rings (SSSR count). The second kappa shape index (κ2) is 4.44. The van der Waals surface area contributed by atoms with Crippen LogP contribution in [-0.4, -0.2) is 21.1 Å². The molecule has 0 aliphatic heterocycles. The van der Waals surface area contributed by atoms with Crippen LogP contribution in [0.4, 0.5) is 5.82 Å². The van der Waals surface area contributed by atoms with E-state index in [0.717, 1.165) is 5.69 Å². The summed E-state index contributed by atoms with van der Waals surface area (Å²) in [6.07, 6.45) is 1.56. The quantitative estimate of drug-likeness (QED) is 0.828. The van der Waals surface area contributed by atoms with Gasteiger partial charge in [-0.2, -0.15) is 5.10 Å². The summed E-state index contributed by atoms with van der Waals surface area (Å²) in [4.78, 5) is 15.7. The maximum atomic E-state index is 11.8. The third-order valence-corrected chi connectivity index (χ3v) is 2.37. The lowest BCUT2D eigenvalue weighted by Crippen LogP contribution is -2.12. The number of rotatable bonds is 2. The second-order valence-corrected chi connectivity index (χ2v) is 4.07. The number of aromatic nitrogens is 3. The third kappa shape index (κ3) is 2.46. The first-order valence-corrected chi connectivity index (χ1v) is 5.39. The van der Waals surface area contributed by atoms with Crippen LogP contribution in [0.15, 0.2) is 29.0 Å². The average molecular weight is 281 g/mol. The number of aryl methyl sites for hydroxylation is 1. The highest BCUT2D eigenvalue weighted by molar-refractivity contribution is 9.10. The molecule has 0 fully saturated rings. The first-order chi connectivity index (χ1) is 7.65. The fourth-order valence-corrected chi connectivity index (χ4v) is 1.58. The summed E-state index contributed by atoms with van der Waals surface area (Å²) in [7, 11) is 0.